The van der Waals surface area contributed by atoms with Crippen molar-refractivity contribution in [3.05, 3.63) is 34.4 Å². The molecule has 0 aliphatic rings. The smallest absolute Gasteiger partial charge is 0.481 e. The molecule has 0 saturated heterocycles. The van der Waals surface area contributed by atoms with Crippen LogP contribution in [-0.4, -0.2) is 29.2 Å². The van der Waals surface area contributed by atoms with Gasteiger partial charge in [-0.2, -0.15) is 0 Å². The van der Waals surface area contributed by atoms with Crippen LogP contribution >= 0.6 is 7.82 Å². The van der Waals surface area contributed by atoms with Gasteiger partial charge in [0.2, 0.25) is 0 Å². The molecule has 0 aromatic heterocycles. The van der Waals surface area contributed by atoms with Crippen LogP contribution in [0, 0.1) is 10.1 Å². The molecule has 0 unspecified atom stereocenters. The number of benzene rings is 1. The molecule has 1 N–H and O–H groups in total. The Labute approximate surface area is 140 Å². The van der Waals surface area contributed by atoms with Gasteiger partial charge >= 0.3 is 13.8 Å². The summed E-state index contributed by atoms with van der Waals surface area (Å²) in [6, 6.07) is 5.17. The first-order valence-corrected chi connectivity index (χ1v) is 8.79. The maximum atomic E-state index is 12.0. The number of nitrogens with zero attached hydrogens (tertiary/aromatic N) is 1. The van der Waals surface area contributed by atoms with Crippen LogP contribution in [0.25, 0.3) is 0 Å². The van der Waals surface area contributed by atoms with Crippen molar-refractivity contribution in [3.8, 4) is 5.75 Å². The molecule has 9 nitrogen and oxygen atoms in total. The van der Waals surface area contributed by atoms with Crippen molar-refractivity contribution < 1.29 is 33.0 Å². The molecule has 0 atom stereocenters. The van der Waals surface area contributed by atoms with E-state index in [2.05, 4.69) is 0 Å². The Kier molecular flexibility index (Phi) is 10.6. The lowest BCUT2D eigenvalue weighted by molar-refractivity contribution is -0.384. The minimum Gasteiger partial charge on any atom is -0.481 e. The summed E-state index contributed by atoms with van der Waals surface area (Å²) >= 11 is 0. The van der Waals surface area contributed by atoms with E-state index in [1.54, 1.807) is 13.8 Å². The van der Waals surface area contributed by atoms with Gasteiger partial charge in [-0.25, -0.2) is 4.57 Å². The first kappa shape index (κ1) is 22.0. The summed E-state index contributed by atoms with van der Waals surface area (Å²) in [4.78, 5) is 19.5. The Morgan fingerprint density at radius 3 is 1.96 bits per heavy atom. The third-order valence-corrected chi connectivity index (χ3v) is 3.89. The quantitative estimate of drug-likeness (QED) is 0.396. The van der Waals surface area contributed by atoms with Crippen LogP contribution in [0.1, 0.15) is 33.6 Å². The highest BCUT2D eigenvalue weighted by molar-refractivity contribution is 7.48. The highest BCUT2D eigenvalue weighted by Gasteiger charge is 2.27. The van der Waals surface area contributed by atoms with Crippen molar-refractivity contribution in [2.45, 2.75) is 33.6 Å². The molecule has 0 amide bonds. The largest absolute Gasteiger partial charge is 0.530 e. The van der Waals surface area contributed by atoms with Gasteiger partial charge < -0.3 is 9.63 Å². The van der Waals surface area contributed by atoms with Gasteiger partial charge in [0.1, 0.15) is 5.75 Å². The van der Waals surface area contributed by atoms with Crippen molar-refractivity contribution in [3.63, 3.8) is 0 Å². The molecule has 0 bridgehead atoms. The normalized spacial score (nSPS) is 10.5. The summed E-state index contributed by atoms with van der Waals surface area (Å²) in [5.74, 6) is -0.525. The minimum atomic E-state index is -3.65. The van der Waals surface area contributed by atoms with Crippen LogP contribution in [0.15, 0.2) is 24.3 Å². The van der Waals surface area contributed by atoms with Crippen molar-refractivity contribution in [2.75, 3.05) is 13.2 Å². The molecule has 0 spiro atoms. The molecular weight excluding hydrogens is 341 g/mol. The number of rotatable bonds is 9. The van der Waals surface area contributed by atoms with Crippen molar-refractivity contribution in [2.24, 2.45) is 0 Å². The van der Waals surface area contributed by atoms with Gasteiger partial charge in [0.15, 0.2) is 0 Å². The molecule has 1 aromatic carbocycles. The summed E-state index contributed by atoms with van der Waals surface area (Å²) in [6.45, 7) is 5.50. The molecule has 0 aliphatic heterocycles. The van der Waals surface area contributed by atoms with E-state index in [0.29, 0.717) is 6.42 Å². The second-order valence-electron chi connectivity index (χ2n) is 4.27. The molecule has 1 rings (SSSR count). The zero-order valence-corrected chi connectivity index (χ0v) is 14.7. The van der Waals surface area contributed by atoms with Gasteiger partial charge in [0.05, 0.1) is 18.1 Å². The summed E-state index contributed by atoms with van der Waals surface area (Å²) in [5.41, 5.74) is -0.0787. The summed E-state index contributed by atoms with van der Waals surface area (Å²) in [7, 11) is -3.65. The van der Waals surface area contributed by atoms with Crippen LogP contribution < -0.4 is 4.52 Å². The third-order valence-electron chi connectivity index (χ3n) is 2.30. The lowest BCUT2D eigenvalue weighted by Crippen LogP contribution is -2.02. The molecule has 10 heteroatoms. The lowest BCUT2D eigenvalue weighted by Gasteiger charge is -2.16. The van der Waals surface area contributed by atoms with Crippen LogP contribution in [0.3, 0.4) is 0 Å². The monoisotopic (exact) mass is 363 g/mol. The Balaban J connectivity index is 0.000000754. The SMILES string of the molecule is CCCC(=O)O.CCOP(=O)(OCC)Oc1ccc([N+](=O)[O-])cc1. The molecule has 0 fully saturated rings. The lowest BCUT2D eigenvalue weighted by atomic mass is 10.3. The molecule has 0 aliphatic carbocycles. The Morgan fingerprint density at radius 1 is 1.17 bits per heavy atom. The second-order valence-corrected chi connectivity index (χ2v) is 5.86. The fourth-order valence-electron chi connectivity index (χ4n) is 1.38. The van der Waals surface area contributed by atoms with Crippen LogP contribution in [0.2, 0.25) is 0 Å². The number of non-ortho nitro benzene ring substituents is 1. The van der Waals surface area contributed by atoms with E-state index in [-0.39, 0.29) is 24.7 Å². The number of nitro groups is 1. The number of carboxylic acids is 1. The number of phosphoric acid groups is 1. The van der Waals surface area contributed by atoms with E-state index in [4.69, 9.17) is 18.7 Å². The van der Waals surface area contributed by atoms with E-state index in [9.17, 15) is 19.5 Å². The number of aliphatic carboxylic acids is 1. The van der Waals surface area contributed by atoms with Crippen molar-refractivity contribution in [1.82, 2.24) is 0 Å². The van der Waals surface area contributed by atoms with Crippen LogP contribution in [0.4, 0.5) is 5.69 Å². The predicted molar refractivity (Wildman–Crippen MR) is 87.1 cm³/mol. The van der Waals surface area contributed by atoms with E-state index < -0.39 is 18.7 Å². The number of carboxylic acid groups (broad SMARTS) is 1. The van der Waals surface area contributed by atoms with Gasteiger partial charge in [-0.05, 0) is 32.4 Å². The molecule has 0 radical (unpaired) electrons. The Morgan fingerprint density at radius 2 is 1.67 bits per heavy atom. The van der Waals surface area contributed by atoms with Gasteiger partial charge in [0.25, 0.3) is 5.69 Å². The molecule has 0 heterocycles. The molecule has 24 heavy (non-hydrogen) atoms. The Bertz CT molecular complexity index is 550. The first-order chi connectivity index (χ1) is 11.3. The highest BCUT2D eigenvalue weighted by Crippen LogP contribution is 2.49. The fraction of sp³-hybridized carbons (Fsp3) is 0.500. The number of hydrogen-bond acceptors (Lipinski definition) is 7. The minimum absolute atomic E-state index is 0.0787. The molecular formula is C14H22NO8P. The van der Waals surface area contributed by atoms with Gasteiger partial charge in [-0.15, -0.1) is 0 Å². The van der Waals surface area contributed by atoms with Gasteiger partial charge in [-0.3, -0.25) is 24.0 Å². The molecule has 0 saturated carbocycles. The van der Waals surface area contributed by atoms with Gasteiger partial charge in [-0.1, -0.05) is 6.92 Å². The second kappa shape index (κ2) is 11.6. The Hall–Kier alpha value is -1.96. The summed E-state index contributed by atoms with van der Waals surface area (Å²) in [5, 5.41) is 18.4. The van der Waals surface area contributed by atoms with E-state index in [1.807, 2.05) is 6.92 Å². The zero-order chi connectivity index (χ0) is 18.6. The maximum absolute atomic E-state index is 12.0. The van der Waals surface area contributed by atoms with Crippen molar-refractivity contribution in [1.29, 1.82) is 0 Å². The summed E-state index contributed by atoms with van der Waals surface area (Å²) in [6.07, 6.45) is 1.02. The van der Waals surface area contributed by atoms with E-state index in [0.717, 1.165) is 6.42 Å². The average Bonchev–Trinajstić information content (AvgIpc) is 2.48. The van der Waals surface area contributed by atoms with Crippen LogP contribution in [-0.2, 0) is 18.4 Å². The first-order valence-electron chi connectivity index (χ1n) is 7.32. The maximum Gasteiger partial charge on any atom is 0.530 e. The van der Waals surface area contributed by atoms with Crippen molar-refractivity contribution >= 4 is 19.5 Å². The predicted octanol–water partition coefficient (Wildman–Crippen LogP) is 4.03. The number of carbonyl (C=O) groups is 1. The molecule has 136 valence electrons. The standard InChI is InChI=1S/C10H14NO6P.C4H8O2/c1-3-15-18(14,16-4-2)17-10-7-5-9(6-8-10)11(12)13;1-2-3-4(5)6/h5-8H,3-4H2,1-2H3;2-3H2,1H3,(H,5,6). The molecule has 1 aromatic rings. The topological polar surface area (TPSA) is 125 Å². The van der Waals surface area contributed by atoms with E-state index >= 15 is 0 Å². The zero-order valence-electron chi connectivity index (χ0n) is 13.8. The number of phosphoric ester groups is 1. The average molecular weight is 363 g/mol. The highest BCUT2D eigenvalue weighted by atomic mass is 31.2. The number of hydrogen-bond donors (Lipinski definition) is 1. The van der Waals surface area contributed by atoms with Gasteiger partial charge in [0, 0.05) is 18.6 Å². The van der Waals surface area contributed by atoms with E-state index in [1.165, 1.54) is 24.3 Å². The summed E-state index contributed by atoms with van der Waals surface area (Å²) < 4.78 is 27.0. The third kappa shape index (κ3) is 9.24. The number of nitro benzene ring substituents is 1. The fourth-order valence-corrected chi connectivity index (χ4v) is 2.57. The van der Waals surface area contributed by atoms with Crippen LogP contribution in [0.5, 0.6) is 5.75 Å².